The summed E-state index contributed by atoms with van der Waals surface area (Å²) in [5.41, 5.74) is 1.19. The van der Waals surface area contributed by atoms with Crippen molar-refractivity contribution in [2.45, 2.75) is 19.9 Å². The number of aryl methyl sites for hydroxylation is 1. The van der Waals surface area contributed by atoms with Gasteiger partial charge in [-0.25, -0.2) is 9.78 Å². The van der Waals surface area contributed by atoms with E-state index in [1.807, 2.05) is 61.5 Å². The third kappa shape index (κ3) is 3.39. The fraction of sp³-hybridized carbons (Fsp3) is 0.174. The van der Waals surface area contributed by atoms with Crippen LogP contribution in [0.2, 0.25) is 0 Å². The number of para-hydroxylation sites is 1. The highest BCUT2D eigenvalue weighted by Gasteiger charge is 2.12. The van der Waals surface area contributed by atoms with Gasteiger partial charge < -0.3 is 4.74 Å². The molecule has 0 N–H and O–H groups in total. The lowest BCUT2D eigenvalue weighted by Crippen LogP contribution is -2.24. The van der Waals surface area contributed by atoms with Gasteiger partial charge >= 0.3 is 5.97 Å². The van der Waals surface area contributed by atoms with Crippen LogP contribution >= 0.6 is 0 Å². The van der Waals surface area contributed by atoms with Gasteiger partial charge in [0.25, 0.3) is 5.56 Å². The molecule has 0 unspecified atom stereocenters. The molecule has 0 aliphatic heterocycles. The van der Waals surface area contributed by atoms with Gasteiger partial charge in [0.2, 0.25) is 0 Å². The maximum atomic E-state index is 12.7. The monoisotopic (exact) mass is 372 g/mol. The van der Waals surface area contributed by atoms with Gasteiger partial charge in [0.15, 0.2) is 0 Å². The van der Waals surface area contributed by atoms with Gasteiger partial charge in [0.1, 0.15) is 5.82 Å². The normalized spacial score (nSPS) is 11.0. The summed E-state index contributed by atoms with van der Waals surface area (Å²) in [5, 5.41) is 2.48. The van der Waals surface area contributed by atoms with Gasteiger partial charge in [-0.1, -0.05) is 48.5 Å². The summed E-state index contributed by atoms with van der Waals surface area (Å²) in [6.45, 7) is 2.50. The highest BCUT2D eigenvalue weighted by atomic mass is 16.5. The molecule has 1 aromatic heterocycles. The maximum Gasteiger partial charge on any atom is 0.338 e. The van der Waals surface area contributed by atoms with Crippen molar-refractivity contribution in [3.8, 4) is 0 Å². The van der Waals surface area contributed by atoms with Crippen LogP contribution in [0.3, 0.4) is 0 Å². The maximum absolute atomic E-state index is 12.7. The predicted octanol–water partition coefficient (Wildman–Crippen LogP) is 4.11. The van der Waals surface area contributed by atoms with Crippen LogP contribution in [0.5, 0.6) is 0 Å². The van der Waals surface area contributed by atoms with Gasteiger partial charge in [-0.05, 0) is 42.3 Å². The van der Waals surface area contributed by atoms with Crippen LogP contribution in [0.4, 0.5) is 0 Å². The van der Waals surface area contributed by atoms with Crippen LogP contribution in [-0.2, 0) is 11.3 Å². The minimum Gasteiger partial charge on any atom is -0.462 e. The molecule has 5 nitrogen and oxygen atoms in total. The van der Waals surface area contributed by atoms with Crippen LogP contribution < -0.4 is 5.56 Å². The fourth-order valence-corrected chi connectivity index (χ4v) is 3.41. The van der Waals surface area contributed by atoms with Crippen LogP contribution in [0.1, 0.15) is 22.6 Å². The smallest absolute Gasteiger partial charge is 0.338 e. The molecule has 0 atom stereocenters. The number of hydrogen-bond acceptors (Lipinski definition) is 4. The van der Waals surface area contributed by atoms with Gasteiger partial charge in [-0.2, -0.15) is 0 Å². The molecule has 28 heavy (non-hydrogen) atoms. The lowest BCUT2D eigenvalue weighted by Gasteiger charge is -2.11. The zero-order valence-electron chi connectivity index (χ0n) is 15.6. The Labute approximate surface area is 162 Å². The fourth-order valence-electron chi connectivity index (χ4n) is 3.41. The molecule has 0 amide bonds. The van der Waals surface area contributed by atoms with E-state index in [1.54, 1.807) is 16.7 Å². The largest absolute Gasteiger partial charge is 0.462 e. The molecule has 5 heteroatoms. The van der Waals surface area contributed by atoms with Crippen molar-refractivity contribution in [3.63, 3.8) is 0 Å². The van der Waals surface area contributed by atoms with Crippen LogP contribution in [0, 0.1) is 6.92 Å². The van der Waals surface area contributed by atoms with E-state index in [9.17, 15) is 9.59 Å². The number of rotatable bonds is 5. The van der Waals surface area contributed by atoms with Crippen molar-refractivity contribution >= 4 is 27.6 Å². The second kappa shape index (κ2) is 7.64. The number of nitrogens with zero attached hydrogens (tertiary/aromatic N) is 2. The number of ether oxygens (including phenoxy) is 1. The molecule has 0 aliphatic rings. The molecule has 0 saturated heterocycles. The van der Waals surface area contributed by atoms with Crippen molar-refractivity contribution in [2.24, 2.45) is 0 Å². The zero-order valence-corrected chi connectivity index (χ0v) is 15.6. The van der Waals surface area contributed by atoms with Gasteiger partial charge in [-0.15, -0.1) is 0 Å². The molecular weight excluding hydrogens is 352 g/mol. The molecule has 0 bridgehead atoms. The van der Waals surface area contributed by atoms with Crippen molar-refractivity contribution in [1.82, 2.24) is 9.55 Å². The second-order valence-electron chi connectivity index (χ2n) is 6.65. The molecule has 0 radical (unpaired) electrons. The quantitative estimate of drug-likeness (QED) is 0.391. The summed E-state index contributed by atoms with van der Waals surface area (Å²) in [5.74, 6) is 0.307. The molecule has 4 rings (SSSR count). The molecule has 140 valence electrons. The van der Waals surface area contributed by atoms with Gasteiger partial charge in [0, 0.05) is 6.54 Å². The molecule has 1 heterocycles. The Morgan fingerprint density at radius 3 is 2.54 bits per heavy atom. The summed E-state index contributed by atoms with van der Waals surface area (Å²) in [6, 6.07) is 20.6. The van der Waals surface area contributed by atoms with Crippen molar-refractivity contribution in [2.75, 3.05) is 6.61 Å². The minimum absolute atomic E-state index is 0.0662. The molecule has 0 spiro atoms. The van der Waals surface area contributed by atoms with E-state index in [1.165, 1.54) is 0 Å². The Morgan fingerprint density at radius 1 is 0.964 bits per heavy atom. The first-order chi connectivity index (χ1) is 13.6. The summed E-state index contributed by atoms with van der Waals surface area (Å²) < 4.78 is 7.08. The van der Waals surface area contributed by atoms with Crippen molar-refractivity contribution in [3.05, 3.63) is 88.5 Å². The molecule has 0 fully saturated rings. The first-order valence-corrected chi connectivity index (χ1v) is 9.26. The predicted molar refractivity (Wildman–Crippen MR) is 110 cm³/mol. The second-order valence-corrected chi connectivity index (χ2v) is 6.65. The van der Waals surface area contributed by atoms with Crippen molar-refractivity contribution < 1.29 is 9.53 Å². The number of hydrogen-bond donors (Lipinski definition) is 0. The Hall–Kier alpha value is -3.47. The average molecular weight is 372 g/mol. The molecule has 0 saturated carbocycles. The first-order valence-electron chi connectivity index (χ1n) is 9.26. The first kappa shape index (κ1) is 17.9. The third-order valence-corrected chi connectivity index (χ3v) is 4.82. The molecule has 4 aromatic rings. The standard InChI is InChI=1S/C23H20N2O3/c1-16-24-21-13-5-4-11-20(21)22(26)25(16)14-7-15-28-23(27)19-12-6-9-17-8-2-3-10-18(17)19/h2-6,8-13H,7,14-15H2,1H3. The van der Waals surface area contributed by atoms with Crippen LogP contribution in [0.25, 0.3) is 21.7 Å². The van der Waals surface area contributed by atoms with E-state index < -0.39 is 0 Å². The summed E-state index contributed by atoms with van der Waals surface area (Å²) in [4.78, 5) is 29.6. The highest BCUT2D eigenvalue weighted by molar-refractivity contribution is 6.04. The van der Waals surface area contributed by atoms with Gasteiger partial charge in [0.05, 0.1) is 23.1 Å². The number of aromatic nitrogens is 2. The number of carbonyl (C=O) groups is 1. The lowest BCUT2D eigenvalue weighted by atomic mass is 10.1. The van der Waals surface area contributed by atoms with E-state index in [0.29, 0.717) is 35.3 Å². The van der Waals surface area contributed by atoms with Crippen molar-refractivity contribution in [1.29, 1.82) is 0 Å². The van der Waals surface area contributed by atoms with E-state index in [4.69, 9.17) is 4.74 Å². The molecule has 0 aliphatic carbocycles. The number of carbonyl (C=O) groups excluding carboxylic acids is 1. The van der Waals surface area contributed by atoms with Gasteiger partial charge in [-0.3, -0.25) is 9.36 Å². The highest BCUT2D eigenvalue weighted by Crippen LogP contribution is 2.19. The summed E-state index contributed by atoms with van der Waals surface area (Å²) in [7, 11) is 0. The third-order valence-electron chi connectivity index (χ3n) is 4.82. The Bertz CT molecular complexity index is 1220. The number of fused-ring (bicyclic) bond motifs is 2. The Balaban J connectivity index is 1.44. The van der Waals surface area contributed by atoms with E-state index in [-0.39, 0.29) is 18.1 Å². The molecular formula is C23H20N2O3. The summed E-state index contributed by atoms with van der Waals surface area (Å²) >= 11 is 0. The summed E-state index contributed by atoms with van der Waals surface area (Å²) in [6.07, 6.45) is 0.539. The van der Waals surface area contributed by atoms with Crippen LogP contribution in [-0.4, -0.2) is 22.1 Å². The Morgan fingerprint density at radius 2 is 1.68 bits per heavy atom. The van der Waals surface area contributed by atoms with E-state index >= 15 is 0 Å². The van der Waals surface area contributed by atoms with E-state index in [2.05, 4.69) is 4.98 Å². The number of esters is 1. The van der Waals surface area contributed by atoms with Crippen LogP contribution in [0.15, 0.2) is 71.5 Å². The topological polar surface area (TPSA) is 61.2 Å². The average Bonchev–Trinajstić information content (AvgIpc) is 2.72. The zero-order chi connectivity index (χ0) is 19.5. The number of benzene rings is 3. The molecule has 3 aromatic carbocycles. The lowest BCUT2D eigenvalue weighted by molar-refractivity contribution is 0.0498. The minimum atomic E-state index is -0.350. The Kier molecular flexibility index (Phi) is 4.89. The van der Waals surface area contributed by atoms with E-state index in [0.717, 1.165) is 10.8 Å². The SMILES string of the molecule is Cc1nc2ccccc2c(=O)n1CCCOC(=O)c1cccc2ccccc12.